The van der Waals surface area contributed by atoms with Crippen LogP contribution < -0.4 is 9.47 Å². The van der Waals surface area contributed by atoms with Crippen molar-refractivity contribution in [3.05, 3.63) is 105 Å². The van der Waals surface area contributed by atoms with Crippen molar-refractivity contribution >= 4 is 22.2 Å². The summed E-state index contributed by atoms with van der Waals surface area (Å²) in [4.78, 5) is 22.7. The molecule has 182 valence electrons. The van der Waals surface area contributed by atoms with Crippen molar-refractivity contribution in [1.29, 1.82) is 0 Å². The Hall–Kier alpha value is -4.57. The van der Waals surface area contributed by atoms with Crippen molar-refractivity contribution in [2.45, 2.75) is 9.79 Å². The van der Waals surface area contributed by atoms with Crippen LogP contribution in [0.3, 0.4) is 0 Å². The van der Waals surface area contributed by atoms with Gasteiger partial charge in [-0.25, -0.2) is 4.21 Å². The third-order valence-electron chi connectivity index (χ3n) is 5.55. The van der Waals surface area contributed by atoms with Crippen molar-refractivity contribution in [3.8, 4) is 33.8 Å². The molecule has 4 aromatic carbocycles. The Morgan fingerprint density at radius 3 is 1.22 bits per heavy atom. The van der Waals surface area contributed by atoms with E-state index >= 15 is 0 Å². The van der Waals surface area contributed by atoms with E-state index in [9.17, 15) is 24.4 Å². The molecular formula is C26H20N2O7S. The number of nitrogens with zero attached hydrogens (tertiary/aromatic N) is 2. The third-order valence-corrected chi connectivity index (χ3v) is 6.96. The maximum absolute atomic E-state index is 13.1. The Labute approximate surface area is 208 Å². The van der Waals surface area contributed by atoms with E-state index in [4.69, 9.17) is 9.47 Å². The van der Waals surface area contributed by atoms with E-state index in [1.54, 1.807) is 72.8 Å². The van der Waals surface area contributed by atoms with Gasteiger partial charge in [-0.3, -0.25) is 20.2 Å². The highest BCUT2D eigenvalue weighted by Crippen LogP contribution is 2.34. The van der Waals surface area contributed by atoms with Gasteiger partial charge in [-0.1, -0.05) is 36.4 Å². The summed E-state index contributed by atoms with van der Waals surface area (Å²) in [5.74, 6) is 0.350. The van der Waals surface area contributed by atoms with Crippen LogP contribution in [0.4, 0.5) is 11.4 Å². The van der Waals surface area contributed by atoms with Crippen LogP contribution in [0.5, 0.6) is 11.5 Å². The molecule has 0 heterocycles. The summed E-state index contributed by atoms with van der Waals surface area (Å²) in [6.45, 7) is 0. The zero-order chi connectivity index (χ0) is 25.8. The van der Waals surface area contributed by atoms with Gasteiger partial charge in [0.25, 0.3) is 0 Å². The van der Waals surface area contributed by atoms with Crippen LogP contribution in [0.25, 0.3) is 22.3 Å². The number of methoxy groups -OCH3 is 2. The van der Waals surface area contributed by atoms with Crippen LogP contribution >= 0.6 is 0 Å². The highest BCUT2D eigenvalue weighted by atomic mass is 32.2. The van der Waals surface area contributed by atoms with E-state index in [2.05, 4.69) is 0 Å². The zero-order valence-electron chi connectivity index (χ0n) is 19.2. The molecule has 0 bridgehead atoms. The van der Waals surface area contributed by atoms with E-state index in [1.165, 1.54) is 26.4 Å². The van der Waals surface area contributed by atoms with Gasteiger partial charge < -0.3 is 9.47 Å². The third kappa shape index (κ3) is 4.93. The summed E-state index contributed by atoms with van der Waals surface area (Å²) in [5, 5.41) is 22.6. The van der Waals surface area contributed by atoms with Gasteiger partial charge in [-0.15, -0.1) is 0 Å². The fourth-order valence-corrected chi connectivity index (χ4v) is 4.74. The molecule has 0 amide bonds. The van der Waals surface area contributed by atoms with Gasteiger partial charge in [0.1, 0.15) is 0 Å². The molecule has 0 saturated heterocycles. The molecule has 0 atom stereocenters. The summed E-state index contributed by atoms with van der Waals surface area (Å²) in [6.07, 6.45) is 0. The second-order valence-electron chi connectivity index (χ2n) is 7.60. The van der Waals surface area contributed by atoms with Crippen LogP contribution in [0.1, 0.15) is 0 Å². The molecule has 0 fully saturated rings. The molecule has 0 aliphatic carbocycles. The maximum Gasteiger partial charge on any atom is 0.311 e. The van der Waals surface area contributed by atoms with Gasteiger partial charge in [0.2, 0.25) is 0 Å². The van der Waals surface area contributed by atoms with Gasteiger partial charge in [0.05, 0.1) is 34.9 Å². The lowest BCUT2D eigenvalue weighted by Gasteiger charge is -2.08. The summed E-state index contributed by atoms with van der Waals surface area (Å²) >= 11 is 0. The van der Waals surface area contributed by atoms with Crippen molar-refractivity contribution in [2.75, 3.05) is 14.2 Å². The van der Waals surface area contributed by atoms with Crippen LogP contribution in [-0.4, -0.2) is 28.3 Å². The maximum atomic E-state index is 13.1. The summed E-state index contributed by atoms with van der Waals surface area (Å²) in [5.41, 5.74) is 2.47. The lowest BCUT2D eigenvalue weighted by atomic mass is 10.0. The number of hydrogen-bond acceptors (Lipinski definition) is 7. The van der Waals surface area contributed by atoms with Crippen molar-refractivity contribution in [3.63, 3.8) is 0 Å². The highest BCUT2D eigenvalue weighted by Gasteiger charge is 2.17. The van der Waals surface area contributed by atoms with E-state index in [0.717, 1.165) is 11.1 Å². The SMILES string of the molecule is COc1ccc(-c2ccc(S(=O)c3ccc(-c4ccc(OC)c([N+](=O)[O-])c4)cc3)cc2)cc1[N+](=O)[O-]. The molecule has 4 aromatic rings. The molecule has 0 aromatic heterocycles. The standard InChI is InChI=1S/C26H20N2O7S/c1-34-25-13-7-19(15-23(25)27(29)30)17-3-9-21(10-4-17)36(33)22-11-5-18(6-12-22)20-8-14-26(35-2)24(16-20)28(31)32/h3-16H,1-2H3. The normalized spacial score (nSPS) is 10.8. The average molecular weight is 505 g/mol. The molecule has 10 heteroatoms. The second-order valence-corrected chi connectivity index (χ2v) is 9.09. The summed E-state index contributed by atoms with van der Waals surface area (Å²) in [7, 11) is 1.28. The minimum absolute atomic E-state index is 0.134. The lowest BCUT2D eigenvalue weighted by molar-refractivity contribution is -0.385. The topological polar surface area (TPSA) is 122 Å². The van der Waals surface area contributed by atoms with Gasteiger partial charge in [0.15, 0.2) is 11.5 Å². The van der Waals surface area contributed by atoms with Crippen molar-refractivity contribution in [1.82, 2.24) is 0 Å². The van der Waals surface area contributed by atoms with Gasteiger partial charge in [-0.05, 0) is 58.7 Å². The van der Waals surface area contributed by atoms with E-state index in [1.807, 2.05) is 0 Å². The lowest BCUT2D eigenvalue weighted by Crippen LogP contribution is -1.95. The molecule has 0 aliphatic heterocycles. The highest BCUT2D eigenvalue weighted by molar-refractivity contribution is 7.85. The molecule has 36 heavy (non-hydrogen) atoms. The summed E-state index contributed by atoms with van der Waals surface area (Å²) < 4.78 is 23.2. The first-order valence-corrected chi connectivity index (χ1v) is 11.7. The Morgan fingerprint density at radius 2 is 0.917 bits per heavy atom. The van der Waals surface area contributed by atoms with Crippen LogP contribution in [-0.2, 0) is 10.8 Å². The number of benzene rings is 4. The first kappa shape index (κ1) is 24.6. The van der Waals surface area contributed by atoms with E-state index < -0.39 is 20.6 Å². The molecule has 9 nitrogen and oxygen atoms in total. The number of ether oxygens (including phenoxy) is 2. The number of nitro benzene ring substituents is 2. The number of hydrogen-bond donors (Lipinski definition) is 0. The quantitative estimate of drug-likeness (QED) is 0.212. The molecule has 0 saturated carbocycles. The van der Waals surface area contributed by atoms with Crippen LogP contribution in [0.2, 0.25) is 0 Å². The predicted molar refractivity (Wildman–Crippen MR) is 135 cm³/mol. The molecule has 0 spiro atoms. The zero-order valence-corrected chi connectivity index (χ0v) is 20.1. The predicted octanol–water partition coefficient (Wildman–Crippen LogP) is 6.02. The Balaban J connectivity index is 1.56. The Kier molecular flexibility index (Phi) is 7.07. The molecular weight excluding hydrogens is 484 g/mol. The van der Waals surface area contributed by atoms with Crippen molar-refractivity contribution < 1.29 is 23.5 Å². The molecule has 0 N–H and O–H groups in total. The minimum atomic E-state index is -1.47. The van der Waals surface area contributed by atoms with E-state index in [0.29, 0.717) is 20.9 Å². The van der Waals surface area contributed by atoms with Crippen LogP contribution in [0, 0.1) is 20.2 Å². The minimum Gasteiger partial charge on any atom is -0.490 e. The van der Waals surface area contributed by atoms with Gasteiger partial charge in [-0.2, -0.15) is 0 Å². The van der Waals surface area contributed by atoms with E-state index in [-0.39, 0.29) is 22.9 Å². The number of nitro groups is 2. The monoisotopic (exact) mass is 504 g/mol. The second kappa shape index (κ2) is 10.4. The van der Waals surface area contributed by atoms with Crippen LogP contribution in [0.15, 0.2) is 94.7 Å². The molecule has 0 radical (unpaired) electrons. The number of rotatable bonds is 8. The molecule has 0 aliphatic rings. The fourth-order valence-electron chi connectivity index (χ4n) is 3.70. The van der Waals surface area contributed by atoms with Gasteiger partial charge >= 0.3 is 11.4 Å². The molecule has 4 rings (SSSR count). The molecule has 0 unspecified atom stereocenters. The fraction of sp³-hybridized carbons (Fsp3) is 0.0769. The summed E-state index contributed by atoms with van der Waals surface area (Å²) in [6, 6.07) is 23.3. The smallest absolute Gasteiger partial charge is 0.311 e. The van der Waals surface area contributed by atoms with Gasteiger partial charge in [0, 0.05) is 21.9 Å². The Bertz CT molecular complexity index is 1360. The average Bonchev–Trinajstić information content (AvgIpc) is 2.92. The van der Waals surface area contributed by atoms with Crippen molar-refractivity contribution in [2.24, 2.45) is 0 Å². The largest absolute Gasteiger partial charge is 0.490 e. The Morgan fingerprint density at radius 1 is 0.583 bits per heavy atom. The first-order chi connectivity index (χ1) is 17.3. The first-order valence-electron chi connectivity index (χ1n) is 10.6.